The van der Waals surface area contributed by atoms with E-state index in [1.165, 1.54) is 20.3 Å². The molecule has 25 heavy (non-hydrogen) atoms. The lowest BCUT2D eigenvalue weighted by atomic mass is 10.1. The van der Waals surface area contributed by atoms with Crippen LogP contribution in [0.4, 0.5) is 0 Å². The van der Waals surface area contributed by atoms with Gasteiger partial charge in [-0.2, -0.15) is 0 Å². The third kappa shape index (κ3) is 4.73. The fourth-order valence-corrected chi connectivity index (χ4v) is 2.37. The minimum Gasteiger partial charge on any atom is -0.493 e. The highest BCUT2D eigenvalue weighted by molar-refractivity contribution is 5.98. The van der Waals surface area contributed by atoms with E-state index < -0.39 is 5.97 Å². The molecule has 6 heteroatoms. The van der Waals surface area contributed by atoms with Crippen LogP contribution in [0.15, 0.2) is 30.3 Å². The highest BCUT2D eigenvalue weighted by Crippen LogP contribution is 2.28. The van der Waals surface area contributed by atoms with Crippen molar-refractivity contribution in [2.75, 3.05) is 20.8 Å². The van der Waals surface area contributed by atoms with Crippen molar-refractivity contribution in [3.63, 3.8) is 0 Å². The Hall–Kier alpha value is -3.02. The summed E-state index contributed by atoms with van der Waals surface area (Å²) in [4.78, 5) is 26.5. The molecule has 0 bridgehead atoms. The van der Waals surface area contributed by atoms with Gasteiger partial charge in [0.1, 0.15) is 0 Å². The molecule has 2 aromatic rings. The van der Waals surface area contributed by atoms with Crippen molar-refractivity contribution >= 4 is 17.8 Å². The first-order chi connectivity index (χ1) is 11.9. The molecular weight excluding hydrogens is 322 g/mol. The molecule has 0 saturated carbocycles. The lowest BCUT2D eigenvalue weighted by Crippen LogP contribution is -2.12. The Morgan fingerprint density at radius 1 is 1.12 bits per heavy atom. The van der Waals surface area contributed by atoms with Crippen LogP contribution in [0.2, 0.25) is 0 Å². The van der Waals surface area contributed by atoms with E-state index in [-0.39, 0.29) is 12.4 Å². The van der Waals surface area contributed by atoms with E-state index in [2.05, 4.69) is 9.72 Å². The number of carbonyl (C=O) groups excluding carboxylic acids is 2. The lowest BCUT2D eigenvalue weighted by Gasteiger charge is -2.11. The number of aromatic amines is 1. The zero-order valence-corrected chi connectivity index (χ0v) is 14.7. The molecule has 0 spiro atoms. The van der Waals surface area contributed by atoms with Gasteiger partial charge in [0.2, 0.25) is 5.78 Å². The average molecular weight is 343 g/mol. The normalized spacial score (nSPS) is 10.7. The van der Waals surface area contributed by atoms with Gasteiger partial charge in [-0.05, 0) is 43.7 Å². The Morgan fingerprint density at radius 2 is 1.88 bits per heavy atom. The molecule has 0 unspecified atom stereocenters. The van der Waals surface area contributed by atoms with E-state index >= 15 is 0 Å². The number of nitrogens with one attached hydrogen (secondary N) is 1. The highest BCUT2D eigenvalue weighted by atomic mass is 16.5. The van der Waals surface area contributed by atoms with Crippen molar-refractivity contribution in [1.82, 2.24) is 4.98 Å². The van der Waals surface area contributed by atoms with Crippen molar-refractivity contribution < 1.29 is 23.8 Å². The molecule has 0 atom stereocenters. The second kappa shape index (κ2) is 8.19. The summed E-state index contributed by atoms with van der Waals surface area (Å²) in [7, 11) is 2.83. The summed E-state index contributed by atoms with van der Waals surface area (Å²) in [6.45, 7) is 3.66. The number of hydrogen-bond acceptors (Lipinski definition) is 5. The number of H-pyrrole nitrogens is 1. The third-order valence-electron chi connectivity index (χ3n) is 3.61. The molecule has 0 aliphatic heterocycles. The Bertz CT molecular complexity index is 804. The van der Waals surface area contributed by atoms with E-state index in [4.69, 9.17) is 9.47 Å². The summed E-state index contributed by atoms with van der Waals surface area (Å²) in [5.74, 6) is 0.374. The van der Waals surface area contributed by atoms with E-state index in [1.54, 1.807) is 30.3 Å². The van der Waals surface area contributed by atoms with Gasteiger partial charge in [-0.1, -0.05) is 6.07 Å². The number of hydrogen-bond donors (Lipinski definition) is 1. The molecule has 0 saturated heterocycles. The summed E-state index contributed by atoms with van der Waals surface area (Å²) < 4.78 is 15.4. The molecule has 132 valence electrons. The van der Waals surface area contributed by atoms with E-state index in [1.807, 2.05) is 13.8 Å². The molecule has 1 N–H and O–H groups in total. The first-order valence-corrected chi connectivity index (χ1v) is 7.71. The van der Waals surface area contributed by atoms with Crippen LogP contribution >= 0.6 is 0 Å². The third-order valence-corrected chi connectivity index (χ3v) is 3.61. The number of aromatic nitrogens is 1. The summed E-state index contributed by atoms with van der Waals surface area (Å²) in [6.07, 6.45) is 2.92. The number of ether oxygens (including phenoxy) is 3. The van der Waals surface area contributed by atoms with Gasteiger partial charge in [0.15, 0.2) is 18.1 Å². The number of benzene rings is 1. The molecular formula is C19H21NO5. The second-order valence-corrected chi connectivity index (χ2v) is 5.47. The quantitative estimate of drug-likeness (QED) is 0.475. The molecule has 0 amide bonds. The van der Waals surface area contributed by atoms with Crippen molar-refractivity contribution in [2.24, 2.45) is 0 Å². The topological polar surface area (TPSA) is 77.6 Å². The van der Waals surface area contributed by atoms with Crippen LogP contribution in [-0.2, 0) is 9.53 Å². The second-order valence-electron chi connectivity index (χ2n) is 5.47. The molecule has 6 nitrogen and oxygen atoms in total. The number of methoxy groups -OCH3 is 2. The lowest BCUT2D eigenvalue weighted by molar-refractivity contribution is -0.134. The number of aryl methyl sites for hydroxylation is 2. The minimum atomic E-state index is -0.443. The van der Waals surface area contributed by atoms with Gasteiger partial charge < -0.3 is 19.2 Å². The predicted molar refractivity (Wildman–Crippen MR) is 94.1 cm³/mol. The van der Waals surface area contributed by atoms with E-state index in [0.29, 0.717) is 17.1 Å². The number of rotatable bonds is 7. The summed E-state index contributed by atoms with van der Waals surface area (Å²) >= 11 is 0. The maximum absolute atomic E-state index is 12.3. The molecule has 0 fully saturated rings. The molecule has 2 rings (SSSR count). The van der Waals surface area contributed by atoms with E-state index in [0.717, 1.165) is 17.0 Å². The predicted octanol–water partition coefficient (Wildman–Crippen LogP) is 3.09. The summed E-state index contributed by atoms with van der Waals surface area (Å²) in [5, 5.41) is 0. The Balaban J connectivity index is 2.09. The van der Waals surface area contributed by atoms with Crippen LogP contribution in [0.5, 0.6) is 11.5 Å². The number of carbonyl (C=O) groups is 2. The first-order valence-electron chi connectivity index (χ1n) is 7.71. The average Bonchev–Trinajstić information content (AvgIpc) is 2.96. The fraction of sp³-hybridized carbons (Fsp3) is 0.263. The molecule has 0 aliphatic rings. The van der Waals surface area contributed by atoms with Crippen LogP contribution in [0.3, 0.4) is 0 Å². The van der Waals surface area contributed by atoms with E-state index in [9.17, 15) is 9.59 Å². The maximum atomic E-state index is 12.3. The van der Waals surface area contributed by atoms with Crippen molar-refractivity contribution in [3.8, 4) is 11.5 Å². The largest absolute Gasteiger partial charge is 0.493 e. The van der Waals surface area contributed by atoms with Crippen LogP contribution in [0, 0.1) is 13.8 Å². The van der Waals surface area contributed by atoms with Gasteiger partial charge >= 0.3 is 5.97 Å². The smallest absolute Gasteiger partial charge is 0.330 e. The highest BCUT2D eigenvalue weighted by Gasteiger charge is 2.14. The van der Waals surface area contributed by atoms with Crippen LogP contribution in [0.25, 0.3) is 6.08 Å². The Kier molecular flexibility index (Phi) is 6.00. The molecule has 1 aromatic heterocycles. The summed E-state index contributed by atoms with van der Waals surface area (Å²) in [6, 6.07) is 6.97. The number of Topliss-reactive ketones (excluding diaryl/α,β-unsaturated/α-hetero) is 1. The fourth-order valence-electron chi connectivity index (χ4n) is 2.37. The van der Waals surface area contributed by atoms with Crippen molar-refractivity contribution in [3.05, 3.63) is 52.9 Å². The monoisotopic (exact) mass is 343 g/mol. The molecule has 1 aromatic carbocycles. The van der Waals surface area contributed by atoms with Crippen molar-refractivity contribution in [1.29, 1.82) is 0 Å². The molecule has 0 aliphatic carbocycles. The maximum Gasteiger partial charge on any atom is 0.330 e. The molecule has 0 radical (unpaired) electrons. The SMILES string of the molecule is COC(=O)C=Cc1ccc(OCC(=O)c2cc(C)[nH]c2C)c(OC)c1. The standard InChI is InChI=1S/C19H21NO5/c1-12-9-15(13(2)20-12)16(21)11-25-17-7-5-14(10-18(17)23-3)6-8-19(22)24-4/h5-10,20H,11H2,1-4H3. The van der Waals surface area contributed by atoms with Crippen molar-refractivity contribution in [2.45, 2.75) is 13.8 Å². The van der Waals surface area contributed by atoms with Crippen LogP contribution < -0.4 is 9.47 Å². The van der Waals surface area contributed by atoms with Crippen LogP contribution in [-0.4, -0.2) is 37.6 Å². The Morgan fingerprint density at radius 3 is 2.48 bits per heavy atom. The van der Waals surface area contributed by atoms with Gasteiger partial charge in [-0.15, -0.1) is 0 Å². The zero-order chi connectivity index (χ0) is 18.4. The Labute approximate surface area is 146 Å². The van der Waals surface area contributed by atoms with Gasteiger partial charge in [0.05, 0.1) is 14.2 Å². The van der Waals surface area contributed by atoms with Crippen LogP contribution in [0.1, 0.15) is 27.3 Å². The first kappa shape index (κ1) is 18.3. The van der Waals surface area contributed by atoms with Gasteiger partial charge in [0, 0.05) is 23.0 Å². The molecule has 1 heterocycles. The summed E-state index contributed by atoms with van der Waals surface area (Å²) in [5.41, 5.74) is 3.12. The number of ketones is 1. The zero-order valence-electron chi connectivity index (χ0n) is 14.7. The van der Waals surface area contributed by atoms with Gasteiger partial charge in [-0.25, -0.2) is 4.79 Å². The number of esters is 1. The minimum absolute atomic E-state index is 0.0914. The van der Waals surface area contributed by atoms with Gasteiger partial charge in [0.25, 0.3) is 0 Å². The van der Waals surface area contributed by atoms with Gasteiger partial charge in [-0.3, -0.25) is 4.79 Å².